The molecule has 0 saturated heterocycles. The van der Waals surface area contributed by atoms with Gasteiger partial charge in [0.25, 0.3) is 5.91 Å². The fourth-order valence-electron chi connectivity index (χ4n) is 1.26. The van der Waals surface area contributed by atoms with Gasteiger partial charge in [-0.25, -0.2) is 5.43 Å². The zero-order valence-corrected chi connectivity index (χ0v) is 9.75. The molecular weight excluding hydrogens is 208 g/mol. The van der Waals surface area contributed by atoms with Gasteiger partial charge in [-0.15, -0.1) is 0 Å². The molecule has 1 rings (SSSR count). The van der Waals surface area contributed by atoms with Crippen molar-refractivity contribution in [2.75, 3.05) is 26.7 Å². The van der Waals surface area contributed by atoms with E-state index in [0.29, 0.717) is 25.1 Å². The van der Waals surface area contributed by atoms with Crippen LogP contribution in [-0.2, 0) is 9.59 Å². The molecule has 6 heteroatoms. The monoisotopic (exact) mass is 226 g/mol. The van der Waals surface area contributed by atoms with Crippen LogP contribution in [0, 0.1) is 0 Å². The van der Waals surface area contributed by atoms with Crippen LogP contribution in [-0.4, -0.2) is 49.1 Å². The number of rotatable bonds is 5. The van der Waals surface area contributed by atoms with Crippen molar-refractivity contribution in [3.63, 3.8) is 0 Å². The van der Waals surface area contributed by atoms with E-state index in [1.807, 2.05) is 7.05 Å². The Balaban J connectivity index is 2.27. The van der Waals surface area contributed by atoms with Gasteiger partial charge in [0, 0.05) is 25.9 Å². The second kappa shape index (κ2) is 6.22. The highest BCUT2D eigenvalue weighted by molar-refractivity contribution is 6.39. The van der Waals surface area contributed by atoms with E-state index < -0.39 is 0 Å². The van der Waals surface area contributed by atoms with Crippen LogP contribution in [0.3, 0.4) is 0 Å². The third-order valence-electron chi connectivity index (χ3n) is 2.49. The first-order valence-corrected chi connectivity index (χ1v) is 5.45. The summed E-state index contributed by atoms with van der Waals surface area (Å²) in [5.41, 5.74) is 2.70. The number of amides is 2. The molecule has 1 aliphatic heterocycles. The summed E-state index contributed by atoms with van der Waals surface area (Å²) in [7, 11) is 1.99. The normalized spacial score (nSPS) is 15.7. The Bertz CT molecular complexity index is 301. The first-order chi connectivity index (χ1) is 7.63. The van der Waals surface area contributed by atoms with Gasteiger partial charge >= 0.3 is 0 Å². The van der Waals surface area contributed by atoms with E-state index in [2.05, 4.69) is 27.7 Å². The summed E-state index contributed by atoms with van der Waals surface area (Å²) in [5, 5.41) is 6.49. The summed E-state index contributed by atoms with van der Waals surface area (Å²) >= 11 is 0. The maximum absolute atomic E-state index is 11.6. The van der Waals surface area contributed by atoms with Crippen LogP contribution in [0.1, 0.15) is 19.8 Å². The van der Waals surface area contributed by atoms with Gasteiger partial charge in [-0.1, -0.05) is 6.92 Å². The summed E-state index contributed by atoms with van der Waals surface area (Å²) in [5.74, 6) is -0.327. The fourth-order valence-corrected chi connectivity index (χ4v) is 1.26. The number of hydrogen-bond donors (Lipinski definition) is 2. The Kier molecular flexibility index (Phi) is 4.91. The van der Waals surface area contributed by atoms with Crippen molar-refractivity contribution >= 4 is 17.5 Å². The molecule has 0 aromatic carbocycles. The molecule has 6 nitrogen and oxygen atoms in total. The summed E-state index contributed by atoms with van der Waals surface area (Å²) in [6, 6.07) is 0. The zero-order valence-electron chi connectivity index (χ0n) is 9.75. The maximum Gasteiger partial charge on any atom is 0.267 e. The standard InChI is InChI=1S/C10H18N4O2/c1-3-14(2)7-6-11-10(16)8-4-5-9(15)13-12-8/h3-7H2,1-2H3,(H,11,16)(H,13,15). The second-order valence-electron chi connectivity index (χ2n) is 3.75. The highest BCUT2D eigenvalue weighted by Gasteiger charge is 2.17. The van der Waals surface area contributed by atoms with Crippen molar-refractivity contribution in [1.82, 2.24) is 15.6 Å². The lowest BCUT2D eigenvalue weighted by atomic mass is 10.1. The largest absolute Gasteiger partial charge is 0.350 e. The molecule has 1 aliphatic rings. The number of likely N-dealkylation sites (N-methyl/N-ethyl adjacent to an activating group) is 1. The van der Waals surface area contributed by atoms with Gasteiger partial charge in [0.15, 0.2) is 0 Å². The molecule has 0 fully saturated rings. The van der Waals surface area contributed by atoms with Crippen LogP contribution >= 0.6 is 0 Å². The fraction of sp³-hybridized carbons (Fsp3) is 0.700. The predicted octanol–water partition coefficient (Wildman–Crippen LogP) is -0.680. The molecule has 0 unspecified atom stereocenters. The molecule has 0 spiro atoms. The van der Waals surface area contributed by atoms with Crippen molar-refractivity contribution in [2.24, 2.45) is 5.10 Å². The Hall–Kier alpha value is -1.43. The molecule has 2 N–H and O–H groups in total. The summed E-state index contributed by atoms with van der Waals surface area (Å²) in [4.78, 5) is 24.5. The van der Waals surface area contributed by atoms with Crippen molar-refractivity contribution in [1.29, 1.82) is 0 Å². The first kappa shape index (κ1) is 12.6. The summed E-state index contributed by atoms with van der Waals surface area (Å²) < 4.78 is 0. The van der Waals surface area contributed by atoms with Crippen LogP contribution in [0.4, 0.5) is 0 Å². The van der Waals surface area contributed by atoms with Crippen LogP contribution in [0.15, 0.2) is 5.10 Å². The van der Waals surface area contributed by atoms with E-state index in [4.69, 9.17) is 0 Å². The molecule has 2 amide bonds. The maximum atomic E-state index is 11.6. The first-order valence-electron chi connectivity index (χ1n) is 5.45. The van der Waals surface area contributed by atoms with Crippen molar-refractivity contribution in [2.45, 2.75) is 19.8 Å². The Labute approximate surface area is 95.1 Å². The number of nitrogens with one attached hydrogen (secondary N) is 2. The third kappa shape index (κ3) is 3.98. The number of nitrogens with zero attached hydrogens (tertiary/aromatic N) is 2. The number of hydrazone groups is 1. The molecular formula is C10H18N4O2. The average Bonchev–Trinajstić information content (AvgIpc) is 2.29. The van der Waals surface area contributed by atoms with E-state index in [-0.39, 0.29) is 11.8 Å². The molecule has 16 heavy (non-hydrogen) atoms. The lowest BCUT2D eigenvalue weighted by molar-refractivity contribution is -0.121. The molecule has 1 heterocycles. The van der Waals surface area contributed by atoms with Crippen molar-refractivity contribution < 1.29 is 9.59 Å². The molecule has 0 bridgehead atoms. The smallest absolute Gasteiger partial charge is 0.267 e. The van der Waals surface area contributed by atoms with Crippen LogP contribution in [0.25, 0.3) is 0 Å². The quantitative estimate of drug-likeness (QED) is 0.652. The van der Waals surface area contributed by atoms with E-state index in [9.17, 15) is 9.59 Å². The number of hydrogen-bond acceptors (Lipinski definition) is 4. The van der Waals surface area contributed by atoms with E-state index in [1.165, 1.54) is 0 Å². The average molecular weight is 226 g/mol. The molecule has 0 aromatic rings. The lowest BCUT2D eigenvalue weighted by Gasteiger charge is -2.15. The highest BCUT2D eigenvalue weighted by Crippen LogP contribution is 1.99. The number of carbonyl (C=O) groups is 2. The van der Waals surface area contributed by atoms with Gasteiger partial charge in [-0.3, -0.25) is 9.59 Å². The molecule has 0 aromatic heterocycles. The minimum Gasteiger partial charge on any atom is -0.350 e. The van der Waals surface area contributed by atoms with Gasteiger partial charge in [-0.05, 0) is 13.6 Å². The van der Waals surface area contributed by atoms with Gasteiger partial charge in [0.2, 0.25) is 5.91 Å². The SMILES string of the molecule is CCN(C)CCNC(=O)C1=NNC(=O)CC1. The summed E-state index contributed by atoms with van der Waals surface area (Å²) in [6.07, 6.45) is 0.752. The van der Waals surface area contributed by atoms with Crippen molar-refractivity contribution in [3.05, 3.63) is 0 Å². The second-order valence-corrected chi connectivity index (χ2v) is 3.75. The molecule has 0 atom stereocenters. The van der Waals surface area contributed by atoms with E-state index in [0.717, 1.165) is 13.1 Å². The lowest BCUT2D eigenvalue weighted by Crippen LogP contribution is -2.39. The molecule has 0 saturated carbocycles. The Morgan fingerprint density at radius 3 is 2.88 bits per heavy atom. The minimum absolute atomic E-state index is 0.137. The van der Waals surface area contributed by atoms with E-state index >= 15 is 0 Å². The number of carbonyl (C=O) groups excluding carboxylic acids is 2. The predicted molar refractivity (Wildman–Crippen MR) is 61.0 cm³/mol. The molecule has 90 valence electrons. The molecule has 0 aliphatic carbocycles. The van der Waals surface area contributed by atoms with Crippen LogP contribution in [0.5, 0.6) is 0 Å². The Morgan fingerprint density at radius 2 is 2.31 bits per heavy atom. The zero-order chi connectivity index (χ0) is 12.0. The Morgan fingerprint density at radius 1 is 1.56 bits per heavy atom. The highest BCUT2D eigenvalue weighted by atomic mass is 16.2. The van der Waals surface area contributed by atoms with Crippen molar-refractivity contribution in [3.8, 4) is 0 Å². The minimum atomic E-state index is -0.190. The summed E-state index contributed by atoms with van der Waals surface area (Å²) in [6.45, 7) is 4.41. The van der Waals surface area contributed by atoms with Crippen LogP contribution in [0.2, 0.25) is 0 Å². The van der Waals surface area contributed by atoms with Gasteiger partial charge in [0.05, 0.1) is 0 Å². The van der Waals surface area contributed by atoms with Gasteiger partial charge in [-0.2, -0.15) is 5.10 Å². The van der Waals surface area contributed by atoms with E-state index in [1.54, 1.807) is 0 Å². The molecule has 0 radical (unpaired) electrons. The van der Waals surface area contributed by atoms with Gasteiger partial charge in [0.1, 0.15) is 5.71 Å². The van der Waals surface area contributed by atoms with Crippen LogP contribution < -0.4 is 10.7 Å². The topological polar surface area (TPSA) is 73.8 Å². The third-order valence-corrected chi connectivity index (χ3v) is 2.49. The van der Waals surface area contributed by atoms with Gasteiger partial charge < -0.3 is 10.2 Å².